The fourth-order valence-electron chi connectivity index (χ4n) is 2.41. The van der Waals surface area contributed by atoms with E-state index in [1.54, 1.807) is 17.9 Å². The molecule has 3 heterocycles. The third-order valence-electron chi connectivity index (χ3n) is 3.58. The van der Waals surface area contributed by atoms with Gasteiger partial charge < -0.3 is 0 Å². The Morgan fingerprint density at radius 1 is 1.09 bits per heavy atom. The lowest BCUT2D eigenvalue weighted by Crippen LogP contribution is -2.21. The normalized spacial score (nSPS) is 11.2. The molecule has 0 fully saturated rings. The van der Waals surface area contributed by atoms with Crippen molar-refractivity contribution in [2.75, 3.05) is 0 Å². The molecule has 8 heteroatoms. The van der Waals surface area contributed by atoms with Crippen LogP contribution in [0.15, 0.2) is 53.8 Å². The Kier molecular flexibility index (Phi) is 3.00. The van der Waals surface area contributed by atoms with Gasteiger partial charge in [0, 0.05) is 7.05 Å². The summed E-state index contributed by atoms with van der Waals surface area (Å²) in [6.45, 7) is 0.309. The molecule has 1 aromatic carbocycles. The Morgan fingerprint density at radius 3 is 2.74 bits per heavy atom. The first-order valence-electron chi connectivity index (χ1n) is 7.06. The van der Waals surface area contributed by atoms with E-state index >= 15 is 0 Å². The summed E-state index contributed by atoms with van der Waals surface area (Å²) < 4.78 is 3.08. The molecule has 23 heavy (non-hydrogen) atoms. The van der Waals surface area contributed by atoms with E-state index in [4.69, 9.17) is 0 Å². The van der Waals surface area contributed by atoms with Crippen LogP contribution in [0, 0.1) is 0 Å². The van der Waals surface area contributed by atoms with Crippen molar-refractivity contribution in [3.05, 3.63) is 65.1 Å². The van der Waals surface area contributed by atoms with Crippen LogP contribution in [0.4, 0.5) is 0 Å². The molecular formula is C15H13N7O. The highest BCUT2D eigenvalue weighted by Crippen LogP contribution is 2.06. The Bertz CT molecular complexity index is 1030. The minimum atomic E-state index is -0.141. The van der Waals surface area contributed by atoms with Crippen LogP contribution in [0.1, 0.15) is 5.69 Å². The fourth-order valence-corrected chi connectivity index (χ4v) is 2.41. The van der Waals surface area contributed by atoms with Gasteiger partial charge in [0.2, 0.25) is 0 Å². The lowest BCUT2D eigenvalue weighted by atomic mass is 10.3. The molecular weight excluding hydrogens is 294 g/mol. The van der Waals surface area contributed by atoms with Gasteiger partial charge in [-0.2, -0.15) is 20.1 Å². The monoisotopic (exact) mass is 307 g/mol. The Labute approximate surface area is 130 Å². The molecule has 4 aromatic rings. The number of aromatic nitrogens is 7. The van der Waals surface area contributed by atoms with E-state index in [0.29, 0.717) is 23.3 Å². The third kappa shape index (κ3) is 2.30. The van der Waals surface area contributed by atoms with Crippen LogP contribution in [0.25, 0.3) is 16.7 Å². The van der Waals surface area contributed by atoms with Crippen LogP contribution in [0.2, 0.25) is 0 Å². The maximum absolute atomic E-state index is 12.4. The summed E-state index contributed by atoms with van der Waals surface area (Å²) in [7, 11) is 1.75. The summed E-state index contributed by atoms with van der Waals surface area (Å²) in [5.41, 5.74) is 1.98. The lowest BCUT2D eigenvalue weighted by molar-refractivity contribution is 0.691. The van der Waals surface area contributed by atoms with E-state index in [-0.39, 0.29) is 5.56 Å². The van der Waals surface area contributed by atoms with Gasteiger partial charge in [0.05, 0.1) is 24.6 Å². The molecule has 0 aliphatic carbocycles. The number of hydrogen-bond donors (Lipinski definition) is 0. The van der Waals surface area contributed by atoms with Crippen molar-refractivity contribution in [1.82, 2.24) is 34.3 Å². The van der Waals surface area contributed by atoms with E-state index in [1.165, 1.54) is 21.9 Å². The van der Waals surface area contributed by atoms with Gasteiger partial charge in [0.1, 0.15) is 17.4 Å². The largest absolute Gasteiger partial charge is 0.292 e. The smallest absolute Gasteiger partial charge is 0.264 e. The SMILES string of the molecule is Cn1ncc2c(=O)n(Cc3cnn(-c4ccccc4)n3)cnc21. The van der Waals surface area contributed by atoms with Crippen LogP contribution in [0.3, 0.4) is 0 Å². The number of aryl methyl sites for hydroxylation is 1. The predicted molar refractivity (Wildman–Crippen MR) is 83.2 cm³/mol. The molecule has 0 radical (unpaired) electrons. The molecule has 114 valence electrons. The summed E-state index contributed by atoms with van der Waals surface area (Å²) in [6, 6.07) is 9.60. The zero-order valence-electron chi connectivity index (χ0n) is 12.4. The number of benzene rings is 1. The Morgan fingerprint density at radius 2 is 1.91 bits per heavy atom. The highest BCUT2D eigenvalue weighted by atomic mass is 16.1. The predicted octanol–water partition coefficient (Wildman–Crippen LogP) is 0.759. The van der Waals surface area contributed by atoms with Crippen molar-refractivity contribution in [1.29, 1.82) is 0 Å². The number of hydrogen-bond acceptors (Lipinski definition) is 5. The number of para-hydroxylation sites is 1. The van der Waals surface area contributed by atoms with Gasteiger partial charge in [-0.3, -0.25) is 14.0 Å². The number of fused-ring (bicyclic) bond motifs is 1. The molecule has 0 bridgehead atoms. The first-order chi connectivity index (χ1) is 11.2. The molecule has 0 spiro atoms. The zero-order valence-corrected chi connectivity index (χ0v) is 12.4. The minimum absolute atomic E-state index is 0.141. The number of nitrogens with zero attached hydrogens (tertiary/aromatic N) is 7. The summed E-state index contributed by atoms with van der Waals surface area (Å²) in [5.74, 6) is 0. The number of rotatable bonds is 3. The molecule has 0 N–H and O–H groups in total. The highest BCUT2D eigenvalue weighted by Gasteiger charge is 2.10. The quantitative estimate of drug-likeness (QED) is 0.558. The molecule has 0 unspecified atom stereocenters. The zero-order chi connectivity index (χ0) is 15.8. The van der Waals surface area contributed by atoms with Crippen molar-refractivity contribution >= 4 is 11.0 Å². The Balaban J connectivity index is 1.68. The molecule has 0 saturated carbocycles. The second kappa shape index (κ2) is 5.16. The van der Waals surface area contributed by atoms with Crippen LogP contribution >= 0.6 is 0 Å². The van der Waals surface area contributed by atoms with Crippen molar-refractivity contribution in [2.24, 2.45) is 7.05 Å². The van der Waals surface area contributed by atoms with Crippen LogP contribution in [-0.4, -0.2) is 34.3 Å². The van der Waals surface area contributed by atoms with Gasteiger partial charge in [-0.05, 0) is 12.1 Å². The standard InChI is InChI=1S/C15H13N7O/c1-20-14-13(8-17-20)15(23)21(10-16-14)9-11-7-18-22(19-11)12-5-3-2-4-6-12/h2-8,10H,9H2,1H3. The van der Waals surface area contributed by atoms with Gasteiger partial charge in [-0.25, -0.2) is 4.98 Å². The molecule has 3 aromatic heterocycles. The van der Waals surface area contributed by atoms with Gasteiger partial charge in [0.25, 0.3) is 5.56 Å². The highest BCUT2D eigenvalue weighted by molar-refractivity contribution is 5.72. The van der Waals surface area contributed by atoms with E-state index < -0.39 is 0 Å². The summed E-state index contributed by atoms with van der Waals surface area (Å²) in [4.78, 5) is 18.2. The first kappa shape index (κ1) is 13.4. The fraction of sp³-hybridized carbons (Fsp3) is 0.133. The molecule has 0 amide bonds. The van der Waals surface area contributed by atoms with E-state index in [9.17, 15) is 4.79 Å². The molecule has 0 atom stereocenters. The van der Waals surface area contributed by atoms with Crippen LogP contribution in [-0.2, 0) is 13.6 Å². The average Bonchev–Trinajstić information content (AvgIpc) is 3.19. The summed E-state index contributed by atoms with van der Waals surface area (Å²) in [5, 5.41) is 13.2. The van der Waals surface area contributed by atoms with Crippen molar-refractivity contribution in [2.45, 2.75) is 6.54 Å². The van der Waals surface area contributed by atoms with E-state index in [2.05, 4.69) is 20.3 Å². The topological polar surface area (TPSA) is 83.4 Å². The maximum atomic E-state index is 12.4. The second-order valence-electron chi connectivity index (χ2n) is 5.14. The van der Waals surface area contributed by atoms with E-state index in [1.807, 2.05) is 30.3 Å². The minimum Gasteiger partial charge on any atom is -0.292 e. The average molecular weight is 307 g/mol. The van der Waals surface area contributed by atoms with E-state index in [0.717, 1.165) is 5.69 Å². The van der Waals surface area contributed by atoms with Crippen LogP contribution < -0.4 is 5.56 Å². The van der Waals surface area contributed by atoms with Gasteiger partial charge in [-0.15, -0.1) is 0 Å². The van der Waals surface area contributed by atoms with Crippen molar-refractivity contribution < 1.29 is 0 Å². The maximum Gasteiger partial charge on any atom is 0.264 e. The van der Waals surface area contributed by atoms with Gasteiger partial charge in [0.15, 0.2) is 5.65 Å². The molecule has 0 aliphatic rings. The van der Waals surface area contributed by atoms with Crippen molar-refractivity contribution in [3.8, 4) is 5.69 Å². The Hall–Kier alpha value is -3.29. The van der Waals surface area contributed by atoms with Gasteiger partial charge >= 0.3 is 0 Å². The molecule has 4 rings (SSSR count). The van der Waals surface area contributed by atoms with Gasteiger partial charge in [-0.1, -0.05) is 18.2 Å². The second-order valence-corrected chi connectivity index (χ2v) is 5.14. The van der Waals surface area contributed by atoms with Crippen LogP contribution in [0.5, 0.6) is 0 Å². The lowest BCUT2D eigenvalue weighted by Gasteiger charge is -2.02. The molecule has 0 saturated heterocycles. The molecule has 8 nitrogen and oxygen atoms in total. The molecule has 0 aliphatic heterocycles. The summed E-state index contributed by atoms with van der Waals surface area (Å²) >= 11 is 0. The third-order valence-corrected chi connectivity index (χ3v) is 3.58. The first-order valence-corrected chi connectivity index (χ1v) is 7.06. The van der Waals surface area contributed by atoms with Crippen molar-refractivity contribution in [3.63, 3.8) is 0 Å². The summed E-state index contributed by atoms with van der Waals surface area (Å²) in [6.07, 6.45) is 4.68.